The van der Waals surface area contributed by atoms with Crippen LogP contribution in [0.4, 0.5) is 0 Å². The molecule has 1 heterocycles. The molecular weight excluding hydrogens is 330 g/mol. The number of nitrogens with zero attached hydrogens (tertiary/aromatic N) is 2. The molecule has 0 amide bonds. The second kappa shape index (κ2) is 7.61. The van der Waals surface area contributed by atoms with Gasteiger partial charge < -0.3 is 10.1 Å². The molecule has 2 rings (SSSR count). The van der Waals surface area contributed by atoms with E-state index in [9.17, 15) is 0 Å². The monoisotopic (exact) mass is 351 g/mol. The van der Waals surface area contributed by atoms with E-state index < -0.39 is 0 Å². The van der Waals surface area contributed by atoms with E-state index in [0.717, 1.165) is 23.2 Å². The number of aryl methyl sites for hydroxylation is 1. The van der Waals surface area contributed by atoms with Crippen molar-refractivity contribution in [3.05, 3.63) is 46.2 Å². The molecule has 0 aliphatic rings. The van der Waals surface area contributed by atoms with Gasteiger partial charge in [-0.25, -0.2) is 0 Å². The molecule has 1 aromatic carbocycles. The summed E-state index contributed by atoms with van der Waals surface area (Å²) in [6, 6.07) is 8.44. The summed E-state index contributed by atoms with van der Waals surface area (Å²) in [5.74, 6) is 0.939. The third-order valence-corrected chi connectivity index (χ3v) is 3.98. The number of hydrogen-bond donors (Lipinski definition) is 1. The maximum absolute atomic E-state index is 5.99. The highest BCUT2D eigenvalue weighted by molar-refractivity contribution is 9.10. The molecule has 0 bridgehead atoms. The summed E-state index contributed by atoms with van der Waals surface area (Å²) in [5.41, 5.74) is 2.35. The smallest absolute Gasteiger partial charge is 0.124 e. The molecule has 21 heavy (non-hydrogen) atoms. The highest BCUT2D eigenvalue weighted by Crippen LogP contribution is 2.28. The maximum Gasteiger partial charge on any atom is 0.124 e. The predicted molar refractivity (Wildman–Crippen MR) is 88.6 cm³/mol. The summed E-state index contributed by atoms with van der Waals surface area (Å²) in [7, 11) is 1.95. The normalized spacial score (nSPS) is 12.4. The number of nitrogens with one attached hydrogen (secondary N) is 1. The second-order valence-corrected chi connectivity index (χ2v) is 5.92. The molecule has 114 valence electrons. The number of hydrogen-bond acceptors (Lipinski definition) is 3. The van der Waals surface area contributed by atoms with Crippen LogP contribution in [0.25, 0.3) is 0 Å². The molecule has 1 N–H and O–H groups in total. The van der Waals surface area contributed by atoms with Gasteiger partial charge in [0.05, 0.1) is 6.61 Å². The Bertz CT molecular complexity index is 583. The number of benzene rings is 1. The van der Waals surface area contributed by atoms with Gasteiger partial charge in [-0.1, -0.05) is 22.9 Å². The van der Waals surface area contributed by atoms with Crippen LogP contribution in [0, 0.1) is 0 Å². The molecule has 0 aliphatic heterocycles. The second-order valence-electron chi connectivity index (χ2n) is 5.01. The molecular formula is C16H22BrN3O. The molecule has 1 aromatic heterocycles. The van der Waals surface area contributed by atoms with E-state index in [-0.39, 0.29) is 6.04 Å². The van der Waals surface area contributed by atoms with Gasteiger partial charge >= 0.3 is 0 Å². The van der Waals surface area contributed by atoms with Crippen molar-refractivity contribution in [1.82, 2.24) is 15.1 Å². The number of ether oxygens (including phenoxy) is 1. The van der Waals surface area contributed by atoms with E-state index in [2.05, 4.69) is 46.3 Å². The Kier molecular flexibility index (Phi) is 5.82. The first-order valence-corrected chi connectivity index (χ1v) is 8.03. The predicted octanol–water partition coefficient (Wildman–Crippen LogP) is 3.47. The Hall–Kier alpha value is -1.33. The minimum Gasteiger partial charge on any atom is -0.493 e. The number of aromatic nitrogens is 2. The fraction of sp³-hybridized carbons (Fsp3) is 0.438. The maximum atomic E-state index is 5.99. The van der Waals surface area contributed by atoms with E-state index in [4.69, 9.17) is 4.74 Å². The molecule has 0 saturated carbocycles. The summed E-state index contributed by atoms with van der Waals surface area (Å²) in [6.45, 7) is 5.84. The van der Waals surface area contributed by atoms with Crippen LogP contribution in [-0.4, -0.2) is 22.9 Å². The van der Waals surface area contributed by atoms with Crippen LogP contribution in [0.5, 0.6) is 5.75 Å². The lowest BCUT2D eigenvalue weighted by Gasteiger charge is -2.18. The Labute approximate surface area is 134 Å². The average molecular weight is 352 g/mol. The third-order valence-electron chi connectivity index (χ3n) is 3.49. The highest BCUT2D eigenvalue weighted by atomic mass is 79.9. The van der Waals surface area contributed by atoms with Gasteiger partial charge in [0.2, 0.25) is 0 Å². The minimum atomic E-state index is 0.263. The highest BCUT2D eigenvalue weighted by Gasteiger charge is 2.11. The molecule has 1 unspecified atom stereocenters. The van der Waals surface area contributed by atoms with Gasteiger partial charge in [-0.05, 0) is 37.7 Å². The molecule has 0 radical (unpaired) electrons. The average Bonchev–Trinajstić information content (AvgIpc) is 2.86. The van der Waals surface area contributed by atoms with E-state index in [0.29, 0.717) is 6.61 Å². The van der Waals surface area contributed by atoms with E-state index in [1.54, 1.807) is 0 Å². The molecule has 0 saturated heterocycles. The summed E-state index contributed by atoms with van der Waals surface area (Å²) in [5, 5.41) is 7.60. The van der Waals surface area contributed by atoms with Crippen molar-refractivity contribution in [2.24, 2.45) is 7.05 Å². The van der Waals surface area contributed by atoms with Crippen LogP contribution in [0.15, 0.2) is 34.9 Å². The quantitative estimate of drug-likeness (QED) is 0.829. The molecule has 0 spiro atoms. The van der Waals surface area contributed by atoms with Gasteiger partial charge in [-0.3, -0.25) is 4.68 Å². The Morgan fingerprint density at radius 3 is 2.86 bits per heavy atom. The summed E-state index contributed by atoms with van der Waals surface area (Å²) in [4.78, 5) is 0. The van der Waals surface area contributed by atoms with Crippen LogP contribution < -0.4 is 10.1 Å². The fourth-order valence-corrected chi connectivity index (χ4v) is 2.70. The zero-order valence-electron chi connectivity index (χ0n) is 12.8. The SMILES string of the molecule is CCNC(C)c1cc(Br)ccc1OCCc1ccnn1C. The standard InChI is InChI=1S/C16H22BrN3O/c1-4-18-12(2)15-11-13(17)5-6-16(15)21-10-8-14-7-9-19-20(14)3/h5-7,9,11-12,18H,4,8,10H2,1-3H3. The van der Waals surface area contributed by atoms with E-state index in [1.807, 2.05) is 36.1 Å². The lowest BCUT2D eigenvalue weighted by Crippen LogP contribution is -2.19. The Balaban J connectivity index is 2.03. The van der Waals surface area contributed by atoms with Crippen molar-refractivity contribution in [3.63, 3.8) is 0 Å². The van der Waals surface area contributed by atoms with Gasteiger partial charge in [-0.15, -0.1) is 0 Å². The summed E-state index contributed by atoms with van der Waals surface area (Å²) >= 11 is 3.53. The van der Waals surface area contributed by atoms with Gasteiger partial charge in [-0.2, -0.15) is 5.10 Å². The zero-order chi connectivity index (χ0) is 15.2. The zero-order valence-corrected chi connectivity index (χ0v) is 14.4. The molecule has 1 atom stereocenters. The van der Waals surface area contributed by atoms with Crippen molar-refractivity contribution in [3.8, 4) is 5.75 Å². The Morgan fingerprint density at radius 2 is 2.19 bits per heavy atom. The number of halogens is 1. The van der Waals surface area contributed by atoms with Gasteiger partial charge in [0.15, 0.2) is 0 Å². The minimum absolute atomic E-state index is 0.263. The first kappa shape index (κ1) is 16.0. The van der Waals surface area contributed by atoms with Crippen LogP contribution in [0.2, 0.25) is 0 Å². The van der Waals surface area contributed by atoms with Crippen LogP contribution in [0.3, 0.4) is 0 Å². The Morgan fingerprint density at radius 1 is 1.38 bits per heavy atom. The fourth-order valence-electron chi connectivity index (χ4n) is 2.32. The van der Waals surface area contributed by atoms with Crippen LogP contribution >= 0.6 is 15.9 Å². The van der Waals surface area contributed by atoms with Crippen LogP contribution in [0.1, 0.15) is 31.1 Å². The van der Waals surface area contributed by atoms with Crippen LogP contribution in [-0.2, 0) is 13.5 Å². The lowest BCUT2D eigenvalue weighted by molar-refractivity contribution is 0.312. The van der Waals surface area contributed by atoms with Crippen molar-refractivity contribution in [2.75, 3.05) is 13.2 Å². The summed E-state index contributed by atoms with van der Waals surface area (Å²) < 4.78 is 8.94. The van der Waals surface area contributed by atoms with Crippen molar-refractivity contribution < 1.29 is 4.74 Å². The van der Waals surface area contributed by atoms with E-state index >= 15 is 0 Å². The first-order valence-electron chi connectivity index (χ1n) is 7.24. The molecule has 4 nitrogen and oxygen atoms in total. The van der Waals surface area contributed by atoms with Crippen molar-refractivity contribution in [1.29, 1.82) is 0 Å². The largest absolute Gasteiger partial charge is 0.493 e. The molecule has 2 aromatic rings. The third kappa shape index (κ3) is 4.32. The van der Waals surface area contributed by atoms with E-state index in [1.165, 1.54) is 11.3 Å². The van der Waals surface area contributed by atoms with Gasteiger partial charge in [0.25, 0.3) is 0 Å². The molecule has 5 heteroatoms. The summed E-state index contributed by atoms with van der Waals surface area (Å²) in [6.07, 6.45) is 2.66. The van der Waals surface area contributed by atoms with Gasteiger partial charge in [0.1, 0.15) is 5.75 Å². The number of rotatable bonds is 7. The topological polar surface area (TPSA) is 39.1 Å². The lowest BCUT2D eigenvalue weighted by atomic mass is 10.1. The first-order chi connectivity index (χ1) is 10.1. The van der Waals surface area contributed by atoms with Gasteiger partial charge in [0, 0.05) is 41.4 Å². The molecule has 0 fully saturated rings. The molecule has 0 aliphatic carbocycles. The van der Waals surface area contributed by atoms with Crippen molar-refractivity contribution >= 4 is 15.9 Å². The van der Waals surface area contributed by atoms with Crippen molar-refractivity contribution in [2.45, 2.75) is 26.3 Å².